The van der Waals surface area contributed by atoms with E-state index in [2.05, 4.69) is 16.8 Å². The molecule has 0 aromatic carbocycles. The van der Waals surface area contributed by atoms with Crippen molar-refractivity contribution < 1.29 is 0 Å². The van der Waals surface area contributed by atoms with Crippen LogP contribution in [0, 0.1) is 0 Å². The Morgan fingerprint density at radius 3 is 1.92 bits per heavy atom. The fraction of sp³-hybridized carbons (Fsp3) is 1.00. The maximum Gasteiger partial charge on any atom is 0.0350 e. The lowest BCUT2D eigenvalue weighted by Gasteiger charge is -2.45. The summed E-state index contributed by atoms with van der Waals surface area (Å²) < 4.78 is 0. The van der Waals surface area contributed by atoms with Crippen molar-refractivity contribution in [2.24, 2.45) is 0 Å². The predicted octanol–water partition coefficient (Wildman–Crippen LogP) is 1.81. The van der Waals surface area contributed by atoms with Crippen LogP contribution >= 0.6 is 0 Å². The Kier molecular flexibility index (Phi) is 4.74. The highest BCUT2D eigenvalue weighted by Gasteiger charge is 2.29. The van der Waals surface area contributed by atoms with Gasteiger partial charge in [0.15, 0.2) is 0 Å². The lowest BCUT2D eigenvalue weighted by Crippen LogP contribution is -2.58. The van der Waals surface area contributed by atoms with Gasteiger partial charge in [-0.25, -0.2) is 0 Å². The zero-order valence-electron chi connectivity index (χ0n) is 9.42. The number of nitrogens with zero attached hydrogens (tertiary/aromatic N) is 2. The molecule has 2 aliphatic rings. The van der Waals surface area contributed by atoms with Gasteiger partial charge >= 0.3 is 0 Å². The van der Waals surface area contributed by atoms with Gasteiger partial charge in [-0.05, 0) is 33.0 Å². The molecule has 0 radical (unpaired) electrons. The summed E-state index contributed by atoms with van der Waals surface area (Å²) >= 11 is 0. The molecule has 0 unspecified atom stereocenters. The molecule has 13 heavy (non-hydrogen) atoms. The summed E-state index contributed by atoms with van der Waals surface area (Å²) in [4.78, 5) is 5.07. The van der Waals surface area contributed by atoms with Crippen LogP contribution in [0.3, 0.4) is 0 Å². The molecule has 0 aromatic heterocycles. The standard InChI is InChI=1S/C9H18N2.C2H6/c1-10-7-9(8-10)11-5-3-2-4-6-11;1-2/h9H,2-8H2,1H3;1-2H3. The summed E-state index contributed by atoms with van der Waals surface area (Å²) in [5.41, 5.74) is 0. The molecule has 2 heterocycles. The molecule has 2 nitrogen and oxygen atoms in total. The fourth-order valence-corrected chi connectivity index (χ4v) is 2.18. The summed E-state index contributed by atoms with van der Waals surface area (Å²) in [5, 5.41) is 0. The number of hydrogen-bond acceptors (Lipinski definition) is 2. The van der Waals surface area contributed by atoms with E-state index in [-0.39, 0.29) is 0 Å². The summed E-state index contributed by atoms with van der Waals surface area (Å²) in [6, 6.07) is 0.903. The summed E-state index contributed by atoms with van der Waals surface area (Å²) in [6.45, 7) is 9.33. The van der Waals surface area contributed by atoms with Crippen LogP contribution in [0.1, 0.15) is 33.1 Å². The van der Waals surface area contributed by atoms with Crippen molar-refractivity contribution in [1.29, 1.82) is 0 Å². The van der Waals surface area contributed by atoms with Crippen molar-refractivity contribution >= 4 is 0 Å². The minimum atomic E-state index is 0.903. The van der Waals surface area contributed by atoms with Crippen LogP contribution in [-0.4, -0.2) is 49.1 Å². The zero-order valence-corrected chi connectivity index (χ0v) is 9.42. The highest BCUT2D eigenvalue weighted by molar-refractivity contribution is 4.86. The van der Waals surface area contributed by atoms with Crippen LogP contribution in [0.15, 0.2) is 0 Å². The summed E-state index contributed by atoms with van der Waals surface area (Å²) in [7, 11) is 2.21. The average molecular weight is 184 g/mol. The number of piperidine rings is 1. The average Bonchev–Trinajstić information content (AvgIpc) is 2.18. The van der Waals surface area contributed by atoms with Gasteiger partial charge in [0, 0.05) is 19.1 Å². The Morgan fingerprint density at radius 1 is 0.923 bits per heavy atom. The number of hydrogen-bond donors (Lipinski definition) is 0. The van der Waals surface area contributed by atoms with Crippen LogP contribution in [0.5, 0.6) is 0 Å². The van der Waals surface area contributed by atoms with Crippen LogP contribution in [0.4, 0.5) is 0 Å². The van der Waals surface area contributed by atoms with Crippen LogP contribution in [-0.2, 0) is 0 Å². The van der Waals surface area contributed by atoms with Gasteiger partial charge in [-0.1, -0.05) is 20.3 Å². The van der Waals surface area contributed by atoms with E-state index in [0.717, 1.165) is 6.04 Å². The molecule has 78 valence electrons. The molecular weight excluding hydrogens is 160 g/mol. The van der Waals surface area contributed by atoms with Gasteiger partial charge in [-0.15, -0.1) is 0 Å². The monoisotopic (exact) mass is 184 g/mol. The van der Waals surface area contributed by atoms with Gasteiger partial charge in [0.1, 0.15) is 0 Å². The smallest absolute Gasteiger partial charge is 0.0350 e. The molecule has 0 amide bonds. The Balaban J connectivity index is 0.000000396. The van der Waals surface area contributed by atoms with Crippen molar-refractivity contribution in [3.63, 3.8) is 0 Å². The van der Waals surface area contributed by atoms with E-state index in [1.807, 2.05) is 13.8 Å². The molecule has 0 N–H and O–H groups in total. The first kappa shape index (κ1) is 11.0. The SMILES string of the molecule is CC.CN1CC(N2CCCCC2)C1. The number of likely N-dealkylation sites (N-methyl/N-ethyl adjacent to an activating group) is 1. The largest absolute Gasteiger partial charge is 0.303 e. The molecule has 2 saturated heterocycles. The van der Waals surface area contributed by atoms with Gasteiger partial charge in [0.05, 0.1) is 0 Å². The molecule has 0 saturated carbocycles. The Hall–Kier alpha value is -0.0800. The highest BCUT2D eigenvalue weighted by Crippen LogP contribution is 2.17. The van der Waals surface area contributed by atoms with Gasteiger partial charge < -0.3 is 4.90 Å². The second-order valence-corrected chi connectivity index (χ2v) is 3.97. The lowest BCUT2D eigenvalue weighted by atomic mass is 10.0. The molecule has 2 heteroatoms. The normalized spacial score (nSPS) is 26.1. The molecule has 0 atom stereocenters. The third-order valence-electron chi connectivity index (χ3n) is 2.95. The van der Waals surface area contributed by atoms with E-state index in [1.54, 1.807) is 0 Å². The van der Waals surface area contributed by atoms with Gasteiger partial charge in [-0.2, -0.15) is 0 Å². The minimum Gasteiger partial charge on any atom is -0.303 e. The zero-order chi connectivity index (χ0) is 9.68. The Morgan fingerprint density at radius 2 is 1.46 bits per heavy atom. The van der Waals surface area contributed by atoms with Crippen molar-refractivity contribution in [1.82, 2.24) is 9.80 Å². The van der Waals surface area contributed by atoms with E-state index in [1.165, 1.54) is 45.4 Å². The van der Waals surface area contributed by atoms with Crippen LogP contribution in [0.2, 0.25) is 0 Å². The van der Waals surface area contributed by atoms with E-state index >= 15 is 0 Å². The summed E-state index contributed by atoms with van der Waals surface area (Å²) in [5.74, 6) is 0. The quantitative estimate of drug-likeness (QED) is 0.613. The highest BCUT2D eigenvalue weighted by atomic mass is 15.3. The van der Waals surface area contributed by atoms with Crippen molar-refractivity contribution in [3.8, 4) is 0 Å². The van der Waals surface area contributed by atoms with Crippen molar-refractivity contribution in [3.05, 3.63) is 0 Å². The Labute approximate surface area is 82.9 Å². The second-order valence-electron chi connectivity index (χ2n) is 3.97. The maximum absolute atomic E-state index is 2.67. The van der Waals surface area contributed by atoms with Gasteiger partial charge in [0.25, 0.3) is 0 Å². The van der Waals surface area contributed by atoms with Crippen molar-refractivity contribution in [2.75, 3.05) is 33.2 Å². The minimum absolute atomic E-state index is 0.903. The van der Waals surface area contributed by atoms with Gasteiger partial charge in [0.2, 0.25) is 0 Å². The molecule has 2 rings (SSSR count). The third-order valence-corrected chi connectivity index (χ3v) is 2.95. The predicted molar refractivity (Wildman–Crippen MR) is 58.1 cm³/mol. The lowest BCUT2D eigenvalue weighted by molar-refractivity contribution is 0.0401. The topological polar surface area (TPSA) is 6.48 Å². The molecule has 0 aliphatic carbocycles. The first-order chi connectivity index (χ1) is 6.36. The summed E-state index contributed by atoms with van der Waals surface area (Å²) in [6.07, 6.45) is 4.32. The first-order valence-electron chi connectivity index (χ1n) is 5.79. The van der Waals surface area contributed by atoms with Crippen LogP contribution in [0.25, 0.3) is 0 Å². The fourth-order valence-electron chi connectivity index (χ4n) is 2.18. The molecule has 2 fully saturated rings. The molecule has 0 bridgehead atoms. The van der Waals surface area contributed by atoms with E-state index in [9.17, 15) is 0 Å². The second kappa shape index (κ2) is 5.61. The molecule has 0 aromatic rings. The Bertz CT molecular complexity index is 124. The molecule has 2 aliphatic heterocycles. The maximum atomic E-state index is 2.67. The number of rotatable bonds is 1. The van der Waals surface area contributed by atoms with E-state index in [4.69, 9.17) is 0 Å². The molecule has 0 spiro atoms. The van der Waals surface area contributed by atoms with Crippen LogP contribution < -0.4 is 0 Å². The first-order valence-corrected chi connectivity index (χ1v) is 5.79. The number of likely N-dealkylation sites (tertiary alicyclic amines) is 2. The third kappa shape index (κ3) is 2.96. The van der Waals surface area contributed by atoms with E-state index < -0.39 is 0 Å². The molecular formula is C11H24N2. The van der Waals surface area contributed by atoms with Crippen molar-refractivity contribution in [2.45, 2.75) is 39.2 Å². The van der Waals surface area contributed by atoms with Gasteiger partial charge in [-0.3, -0.25) is 4.90 Å². The van der Waals surface area contributed by atoms with E-state index in [0.29, 0.717) is 0 Å².